The van der Waals surface area contributed by atoms with Crippen molar-refractivity contribution in [2.24, 2.45) is 14.1 Å². The van der Waals surface area contributed by atoms with E-state index in [1.54, 1.807) is 19.2 Å². The van der Waals surface area contributed by atoms with Crippen LogP contribution in [-0.4, -0.2) is 25.4 Å². The molecule has 0 atom stereocenters. The van der Waals surface area contributed by atoms with Crippen molar-refractivity contribution >= 4 is 22.8 Å². The molecule has 0 unspecified atom stereocenters. The summed E-state index contributed by atoms with van der Waals surface area (Å²) in [4.78, 5) is 33.0. The Balaban J connectivity index is 2.51. The van der Waals surface area contributed by atoms with Gasteiger partial charge in [0, 0.05) is 14.1 Å². The summed E-state index contributed by atoms with van der Waals surface area (Å²) < 4.78 is 7.68. The Morgan fingerprint density at radius 2 is 1.95 bits per heavy atom. The molecule has 3 aromatic heterocycles. The maximum absolute atomic E-state index is 12.3. The number of nitrogens with zero attached hydrogens (tertiary/aromatic N) is 4. The van der Waals surface area contributed by atoms with Gasteiger partial charge in [-0.1, -0.05) is 0 Å². The standard InChI is InChI=1S/C13H12N4O3S/c1-16-10-8(12(18)17(2)13(16)19)11(21-3)15-9(14-10)7-5-4-6-20-7/h4-6H,1-3H3. The van der Waals surface area contributed by atoms with Crippen LogP contribution in [-0.2, 0) is 14.1 Å². The van der Waals surface area contributed by atoms with Crippen molar-refractivity contribution in [2.45, 2.75) is 5.03 Å². The number of hydrogen-bond donors (Lipinski definition) is 0. The SMILES string of the molecule is CSc1nc(-c2ccco2)nc2c1c(=O)n(C)c(=O)n2C. The first-order valence-electron chi connectivity index (χ1n) is 6.10. The number of aromatic nitrogens is 4. The molecule has 21 heavy (non-hydrogen) atoms. The molecule has 0 N–H and O–H groups in total. The zero-order chi connectivity index (χ0) is 15.1. The number of aryl methyl sites for hydroxylation is 1. The molecular weight excluding hydrogens is 292 g/mol. The smallest absolute Gasteiger partial charge is 0.332 e. The van der Waals surface area contributed by atoms with Gasteiger partial charge in [-0.2, -0.15) is 0 Å². The molecule has 3 aromatic rings. The second kappa shape index (κ2) is 4.88. The lowest BCUT2D eigenvalue weighted by Gasteiger charge is -2.09. The average Bonchev–Trinajstić information content (AvgIpc) is 3.03. The van der Waals surface area contributed by atoms with Gasteiger partial charge in [0.1, 0.15) is 10.4 Å². The van der Waals surface area contributed by atoms with Crippen molar-refractivity contribution in [1.82, 2.24) is 19.1 Å². The van der Waals surface area contributed by atoms with Gasteiger partial charge < -0.3 is 4.42 Å². The summed E-state index contributed by atoms with van der Waals surface area (Å²) in [5.41, 5.74) is -0.527. The molecule has 0 radical (unpaired) electrons. The first kappa shape index (κ1) is 13.6. The Hall–Kier alpha value is -2.35. The van der Waals surface area contributed by atoms with E-state index < -0.39 is 11.2 Å². The lowest BCUT2D eigenvalue weighted by atomic mass is 10.3. The molecule has 108 valence electrons. The highest BCUT2D eigenvalue weighted by Crippen LogP contribution is 2.24. The summed E-state index contributed by atoms with van der Waals surface area (Å²) >= 11 is 1.33. The normalized spacial score (nSPS) is 11.2. The fourth-order valence-electron chi connectivity index (χ4n) is 2.09. The van der Waals surface area contributed by atoms with Crippen molar-refractivity contribution < 1.29 is 4.42 Å². The van der Waals surface area contributed by atoms with Crippen molar-refractivity contribution in [1.29, 1.82) is 0 Å². The molecule has 0 bridgehead atoms. The molecule has 0 amide bonds. The van der Waals surface area contributed by atoms with Gasteiger partial charge in [0.2, 0.25) is 0 Å². The van der Waals surface area contributed by atoms with Gasteiger partial charge in [0.25, 0.3) is 5.56 Å². The van der Waals surface area contributed by atoms with Gasteiger partial charge in [-0.05, 0) is 18.4 Å². The van der Waals surface area contributed by atoms with Crippen LogP contribution in [0.3, 0.4) is 0 Å². The molecule has 0 saturated heterocycles. The second-order valence-corrected chi connectivity index (χ2v) is 5.23. The summed E-state index contributed by atoms with van der Waals surface area (Å²) in [6.07, 6.45) is 3.34. The van der Waals surface area contributed by atoms with Gasteiger partial charge in [-0.15, -0.1) is 11.8 Å². The van der Waals surface area contributed by atoms with E-state index in [9.17, 15) is 9.59 Å². The van der Waals surface area contributed by atoms with Gasteiger partial charge in [0.15, 0.2) is 17.2 Å². The molecule has 3 heterocycles. The molecule has 0 aromatic carbocycles. The fourth-order valence-corrected chi connectivity index (χ4v) is 2.65. The number of rotatable bonds is 2. The number of thioether (sulfide) groups is 1. The Bertz CT molecular complexity index is 941. The van der Waals surface area contributed by atoms with Crippen molar-refractivity contribution in [3.05, 3.63) is 39.2 Å². The molecule has 7 nitrogen and oxygen atoms in total. The molecule has 8 heteroatoms. The monoisotopic (exact) mass is 304 g/mol. The van der Waals surface area contributed by atoms with Gasteiger partial charge in [-0.25, -0.2) is 14.8 Å². The Morgan fingerprint density at radius 1 is 1.19 bits per heavy atom. The first-order valence-corrected chi connectivity index (χ1v) is 7.32. The topological polar surface area (TPSA) is 82.9 Å². The highest BCUT2D eigenvalue weighted by atomic mass is 32.2. The van der Waals surface area contributed by atoms with Crippen LogP contribution in [0, 0.1) is 0 Å². The molecular formula is C13H12N4O3S. The van der Waals surface area contributed by atoms with Gasteiger partial charge in [0.05, 0.1) is 6.26 Å². The second-order valence-electron chi connectivity index (χ2n) is 4.44. The van der Waals surface area contributed by atoms with E-state index >= 15 is 0 Å². The molecule has 0 spiro atoms. The Morgan fingerprint density at radius 3 is 2.57 bits per heavy atom. The molecule has 0 fully saturated rings. The number of fused-ring (bicyclic) bond motifs is 1. The molecule has 0 aliphatic rings. The van der Waals surface area contributed by atoms with E-state index in [1.165, 1.54) is 29.6 Å². The van der Waals surface area contributed by atoms with Gasteiger partial charge in [-0.3, -0.25) is 13.9 Å². The Labute approximate surface area is 123 Å². The van der Waals surface area contributed by atoms with Crippen LogP contribution in [0.2, 0.25) is 0 Å². The summed E-state index contributed by atoms with van der Waals surface area (Å²) in [7, 11) is 3.02. The van der Waals surface area contributed by atoms with Crippen LogP contribution >= 0.6 is 11.8 Å². The van der Waals surface area contributed by atoms with Crippen molar-refractivity contribution in [2.75, 3.05) is 6.26 Å². The summed E-state index contributed by atoms with van der Waals surface area (Å²) in [6.45, 7) is 0. The third-order valence-corrected chi connectivity index (χ3v) is 3.88. The van der Waals surface area contributed by atoms with E-state index in [4.69, 9.17) is 4.42 Å². The van der Waals surface area contributed by atoms with Gasteiger partial charge >= 0.3 is 5.69 Å². The lowest BCUT2D eigenvalue weighted by molar-refractivity contribution is 0.576. The fraction of sp³-hybridized carbons (Fsp3) is 0.231. The van der Waals surface area contributed by atoms with Crippen LogP contribution in [0.25, 0.3) is 22.6 Å². The first-order chi connectivity index (χ1) is 10.0. The van der Waals surface area contributed by atoms with E-state index in [0.717, 1.165) is 4.57 Å². The minimum Gasteiger partial charge on any atom is -0.461 e. The van der Waals surface area contributed by atoms with Crippen molar-refractivity contribution in [3.8, 4) is 11.6 Å². The van der Waals surface area contributed by atoms with Crippen LogP contribution in [0.1, 0.15) is 0 Å². The van der Waals surface area contributed by atoms with E-state index in [2.05, 4.69) is 9.97 Å². The quantitative estimate of drug-likeness (QED) is 0.519. The summed E-state index contributed by atoms with van der Waals surface area (Å²) in [5.74, 6) is 0.834. The Kier molecular flexibility index (Phi) is 3.17. The summed E-state index contributed by atoms with van der Waals surface area (Å²) in [5, 5.41) is 0.852. The highest BCUT2D eigenvalue weighted by molar-refractivity contribution is 7.98. The van der Waals surface area contributed by atoms with Crippen molar-refractivity contribution in [3.63, 3.8) is 0 Å². The van der Waals surface area contributed by atoms with Crippen LogP contribution in [0.15, 0.2) is 37.4 Å². The molecule has 0 aliphatic heterocycles. The third-order valence-electron chi connectivity index (χ3n) is 3.20. The van der Waals surface area contributed by atoms with Crippen LogP contribution in [0.4, 0.5) is 0 Å². The van der Waals surface area contributed by atoms with E-state index in [0.29, 0.717) is 27.6 Å². The van der Waals surface area contributed by atoms with Crippen LogP contribution in [0.5, 0.6) is 0 Å². The zero-order valence-electron chi connectivity index (χ0n) is 11.7. The minimum absolute atomic E-state index is 0.300. The lowest BCUT2D eigenvalue weighted by Crippen LogP contribution is -2.37. The molecule has 3 rings (SSSR count). The largest absolute Gasteiger partial charge is 0.461 e. The molecule has 0 saturated carbocycles. The van der Waals surface area contributed by atoms with E-state index in [1.807, 2.05) is 6.26 Å². The average molecular weight is 304 g/mol. The zero-order valence-corrected chi connectivity index (χ0v) is 12.5. The summed E-state index contributed by atoms with van der Waals surface area (Å²) in [6, 6.07) is 3.45. The van der Waals surface area contributed by atoms with Crippen LogP contribution < -0.4 is 11.2 Å². The number of furan rings is 1. The third kappa shape index (κ3) is 1.99. The maximum Gasteiger partial charge on any atom is 0.332 e. The molecule has 0 aliphatic carbocycles. The number of hydrogen-bond acceptors (Lipinski definition) is 6. The maximum atomic E-state index is 12.3. The minimum atomic E-state index is -0.427. The predicted octanol–water partition coefficient (Wildman–Crippen LogP) is 1.01. The predicted molar refractivity (Wildman–Crippen MR) is 79.5 cm³/mol. The highest BCUT2D eigenvalue weighted by Gasteiger charge is 2.17. The van der Waals surface area contributed by atoms with E-state index in [-0.39, 0.29) is 0 Å².